The van der Waals surface area contributed by atoms with Gasteiger partial charge in [0.15, 0.2) is 6.10 Å². The average Bonchev–Trinajstić information content (AvgIpc) is 3.09. The van der Waals surface area contributed by atoms with E-state index in [2.05, 4.69) is 5.32 Å². The van der Waals surface area contributed by atoms with Gasteiger partial charge in [0.05, 0.1) is 0 Å². The Balaban J connectivity index is 1.71. The van der Waals surface area contributed by atoms with Crippen molar-refractivity contribution >= 4 is 0 Å². The lowest BCUT2D eigenvalue weighted by molar-refractivity contribution is -0.209. The zero-order valence-corrected chi connectivity index (χ0v) is 10.4. The molecule has 0 aromatic heterocycles. The minimum atomic E-state index is -4.50. The molecule has 0 bridgehead atoms. The van der Waals surface area contributed by atoms with Crippen LogP contribution in [0.3, 0.4) is 0 Å². The lowest BCUT2D eigenvalue weighted by atomic mass is 9.97. The lowest BCUT2D eigenvalue weighted by Gasteiger charge is -2.34. The van der Waals surface area contributed by atoms with Crippen LogP contribution in [0.15, 0.2) is 0 Å². The van der Waals surface area contributed by atoms with Gasteiger partial charge in [0, 0.05) is 19.1 Å². The van der Waals surface area contributed by atoms with Crippen LogP contribution in [0.1, 0.15) is 25.7 Å². The molecular weight excluding hydrogens is 245 g/mol. The minimum absolute atomic E-state index is 0.288. The summed E-state index contributed by atoms with van der Waals surface area (Å²) in [5.41, 5.74) is 0. The van der Waals surface area contributed by atoms with Crippen molar-refractivity contribution in [1.29, 1.82) is 0 Å². The van der Waals surface area contributed by atoms with E-state index >= 15 is 0 Å². The van der Waals surface area contributed by atoms with Gasteiger partial charge in [0.2, 0.25) is 0 Å². The molecule has 3 nitrogen and oxygen atoms in total. The fourth-order valence-corrected chi connectivity index (χ4v) is 2.45. The van der Waals surface area contributed by atoms with Crippen molar-refractivity contribution in [3.8, 4) is 0 Å². The SMILES string of the molecule is OC(CN1CCCC(CNC2CC2)C1)C(F)(F)F. The van der Waals surface area contributed by atoms with E-state index in [4.69, 9.17) is 5.11 Å². The van der Waals surface area contributed by atoms with E-state index in [-0.39, 0.29) is 6.54 Å². The molecule has 0 amide bonds. The molecule has 1 saturated heterocycles. The number of β-amino-alcohol motifs (C(OH)–C–C–N with tert-alkyl or cyclic N) is 1. The molecule has 2 aliphatic rings. The Kier molecular flexibility index (Phi) is 4.50. The lowest BCUT2D eigenvalue weighted by Crippen LogP contribution is -2.46. The summed E-state index contributed by atoms with van der Waals surface area (Å²) in [6.45, 7) is 1.92. The third-order valence-corrected chi connectivity index (χ3v) is 3.68. The zero-order chi connectivity index (χ0) is 13.2. The zero-order valence-electron chi connectivity index (χ0n) is 10.4. The largest absolute Gasteiger partial charge is 0.415 e. The molecule has 6 heteroatoms. The first-order valence-corrected chi connectivity index (χ1v) is 6.65. The van der Waals surface area contributed by atoms with Gasteiger partial charge in [-0.25, -0.2) is 0 Å². The van der Waals surface area contributed by atoms with Crippen molar-refractivity contribution in [2.24, 2.45) is 5.92 Å². The summed E-state index contributed by atoms with van der Waals surface area (Å²) in [5.74, 6) is 0.416. The molecule has 2 N–H and O–H groups in total. The van der Waals surface area contributed by atoms with E-state index in [1.54, 1.807) is 4.90 Å². The van der Waals surface area contributed by atoms with Crippen molar-refractivity contribution in [1.82, 2.24) is 10.2 Å². The summed E-state index contributed by atoms with van der Waals surface area (Å²) in [6.07, 6.45) is -2.28. The third kappa shape index (κ3) is 4.40. The first-order chi connectivity index (χ1) is 8.45. The van der Waals surface area contributed by atoms with Gasteiger partial charge in [-0.3, -0.25) is 0 Å². The van der Waals surface area contributed by atoms with Crippen LogP contribution < -0.4 is 5.32 Å². The molecular formula is C12H21F3N2O. The van der Waals surface area contributed by atoms with Crippen LogP contribution in [0, 0.1) is 5.92 Å². The van der Waals surface area contributed by atoms with Gasteiger partial charge in [0.1, 0.15) is 0 Å². The monoisotopic (exact) mass is 266 g/mol. The van der Waals surface area contributed by atoms with E-state index in [1.165, 1.54) is 12.8 Å². The number of aliphatic hydroxyl groups is 1. The van der Waals surface area contributed by atoms with Crippen LogP contribution in [0.25, 0.3) is 0 Å². The standard InChI is InChI=1S/C12H21F3N2O/c13-12(14,15)11(18)8-17-5-1-2-9(7-17)6-16-10-3-4-10/h9-11,16,18H,1-8H2. The van der Waals surface area contributed by atoms with Gasteiger partial charge in [-0.15, -0.1) is 0 Å². The summed E-state index contributed by atoms with van der Waals surface area (Å²) in [6, 6.07) is 0.640. The smallest absolute Gasteiger partial charge is 0.382 e. The Morgan fingerprint density at radius 2 is 2.00 bits per heavy atom. The van der Waals surface area contributed by atoms with Gasteiger partial charge < -0.3 is 15.3 Å². The topological polar surface area (TPSA) is 35.5 Å². The fourth-order valence-electron chi connectivity index (χ4n) is 2.45. The number of likely N-dealkylation sites (tertiary alicyclic amines) is 1. The Hall–Kier alpha value is -0.330. The highest BCUT2D eigenvalue weighted by Gasteiger charge is 2.39. The maximum Gasteiger partial charge on any atom is 0.415 e. The van der Waals surface area contributed by atoms with Crippen LogP contribution >= 0.6 is 0 Å². The first kappa shape index (κ1) is 14.1. The molecule has 0 spiro atoms. The highest BCUT2D eigenvalue weighted by molar-refractivity contribution is 4.84. The fraction of sp³-hybridized carbons (Fsp3) is 1.00. The molecule has 0 aromatic carbocycles. The highest BCUT2D eigenvalue weighted by Crippen LogP contribution is 2.24. The minimum Gasteiger partial charge on any atom is -0.382 e. The molecule has 2 rings (SSSR count). The van der Waals surface area contributed by atoms with Crippen molar-refractivity contribution in [2.75, 3.05) is 26.2 Å². The molecule has 1 heterocycles. The molecule has 2 atom stereocenters. The van der Waals surface area contributed by atoms with Crippen LogP contribution in [-0.4, -0.2) is 54.5 Å². The molecule has 1 aliphatic heterocycles. The molecule has 106 valence electrons. The second-order valence-electron chi connectivity index (χ2n) is 5.51. The Morgan fingerprint density at radius 1 is 1.28 bits per heavy atom. The first-order valence-electron chi connectivity index (χ1n) is 6.65. The number of piperidine rings is 1. The molecule has 0 radical (unpaired) electrons. The van der Waals surface area contributed by atoms with E-state index < -0.39 is 12.3 Å². The number of nitrogens with one attached hydrogen (secondary N) is 1. The summed E-state index contributed by atoms with van der Waals surface area (Å²) in [7, 11) is 0. The maximum atomic E-state index is 12.3. The van der Waals surface area contributed by atoms with Crippen LogP contribution in [-0.2, 0) is 0 Å². The van der Waals surface area contributed by atoms with Crippen molar-refractivity contribution in [3.05, 3.63) is 0 Å². The predicted octanol–water partition coefficient (Wildman–Crippen LogP) is 1.37. The van der Waals surface area contributed by atoms with E-state index in [9.17, 15) is 13.2 Å². The summed E-state index contributed by atoms with van der Waals surface area (Å²) < 4.78 is 36.8. The maximum absolute atomic E-state index is 12.3. The number of hydrogen-bond acceptors (Lipinski definition) is 3. The molecule has 0 aromatic rings. The summed E-state index contributed by atoms with van der Waals surface area (Å²) in [5, 5.41) is 12.5. The van der Waals surface area contributed by atoms with E-state index in [0.29, 0.717) is 25.0 Å². The van der Waals surface area contributed by atoms with Gasteiger partial charge in [-0.2, -0.15) is 13.2 Å². The number of nitrogens with zero attached hydrogens (tertiary/aromatic N) is 1. The second kappa shape index (κ2) is 5.75. The number of aliphatic hydroxyl groups excluding tert-OH is 1. The normalized spacial score (nSPS) is 28.3. The number of halogens is 3. The van der Waals surface area contributed by atoms with E-state index in [1.807, 2.05) is 0 Å². The van der Waals surface area contributed by atoms with E-state index in [0.717, 1.165) is 19.4 Å². The van der Waals surface area contributed by atoms with Gasteiger partial charge in [-0.05, 0) is 44.7 Å². The third-order valence-electron chi connectivity index (χ3n) is 3.68. The van der Waals surface area contributed by atoms with Crippen molar-refractivity contribution in [3.63, 3.8) is 0 Å². The quantitative estimate of drug-likeness (QED) is 0.789. The molecule has 1 aliphatic carbocycles. The van der Waals surface area contributed by atoms with Gasteiger partial charge in [-0.1, -0.05) is 0 Å². The van der Waals surface area contributed by atoms with Crippen LogP contribution in [0.2, 0.25) is 0 Å². The van der Waals surface area contributed by atoms with Gasteiger partial charge >= 0.3 is 6.18 Å². The van der Waals surface area contributed by atoms with Crippen LogP contribution in [0.5, 0.6) is 0 Å². The molecule has 18 heavy (non-hydrogen) atoms. The predicted molar refractivity (Wildman–Crippen MR) is 62.3 cm³/mol. The summed E-state index contributed by atoms with van der Waals surface area (Å²) in [4.78, 5) is 1.74. The second-order valence-corrected chi connectivity index (χ2v) is 5.51. The number of rotatable bonds is 5. The molecule has 1 saturated carbocycles. The van der Waals surface area contributed by atoms with Crippen molar-refractivity contribution in [2.45, 2.75) is 44.0 Å². The highest BCUT2D eigenvalue weighted by atomic mass is 19.4. The average molecular weight is 266 g/mol. The Labute approximate surface area is 105 Å². The molecule has 2 fully saturated rings. The number of hydrogen-bond donors (Lipinski definition) is 2. The molecule has 2 unspecified atom stereocenters. The summed E-state index contributed by atoms with van der Waals surface area (Å²) >= 11 is 0. The number of alkyl halides is 3. The van der Waals surface area contributed by atoms with Gasteiger partial charge in [0.25, 0.3) is 0 Å². The van der Waals surface area contributed by atoms with Crippen LogP contribution in [0.4, 0.5) is 13.2 Å². The Bertz CT molecular complexity index is 269. The van der Waals surface area contributed by atoms with Crippen molar-refractivity contribution < 1.29 is 18.3 Å². The Morgan fingerprint density at radius 3 is 2.61 bits per heavy atom.